The zero-order valence-corrected chi connectivity index (χ0v) is 11.8. The predicted molar refractivity (Wildman–Crippen MR) is 76.5 cm³/mol. The molecule has 108 valence electrons. The molecule has 0 aliphatic carbocycles. The van der Waals surface area contributed by atoms with Gasteiger partial charge in [0.25, 0.3) is 0 Å². The molecule has 0 aromatic heterocycles. The highest BCUT2D eigenvalue weighted by Gasteiger charge is 2.34. The zero-order valence-electron chi connectivity index (χ0n) is 11.8. The van der Waals surface area contributed by atoms with E-state index in [4.69, 9.17) is 5.11 Å². The number of aliphatic carboxylic acids is 1. The molecule has 2 rings (SSSR count). The van der Waals surface area contributed by atoms with E-state index in [0.717, 1.165) is 19.4 Å². The Bertz CT molecular complexity index is 486. The van der Waals surface area contributed by atoms with Crippen molar-refractivity contribution in [1.82, 2.24) is 4.90 Å². The van der Waals surface area contributed by atoms with Gasteiger partial charge in [0.15, 0.2) is 0 Å². The molecular weight excluding hydrogens is 254 g/mol. The van der Waals surface area contributed by atoms with E-state index in [1.54, 1.807) is 0 Å². The maximum atomic E-state index is 12.1. The van der Waals surface area contributed by atoms with Crippen LogP contribution in [0.5, 0.6) is 0 Å². The number of likely N-dealkylation sites (tertiary alicyclic amines) is 1. The van der Waals surface area contributed by atoms with Gasteiger partial charge in [-0.25, -0.2) is 0 Å². The lowest BCUT2D eigenvalue weighted by molar-refractivity contribution is -0.141. The van der Waals surface area contributed by atoms with Crippen LogP contribution in [-0.2, 0) is 15.0 Å². The lowest BCUT2D eigenvalue weighted by atomic mass is 9.76. The number of amides is 1. The van der Waals surface area contributed by atoms with Crippen molar-refractivity contribution in [3.8, 4) is 0 Å². The standard InChI is InChI=1S/C16H21NO3/c1-16(13-6-3-2-4-7-13)10-5-11-17(12-16)14(18)8-9-15(19)20/h2-4,6-7H,5,8-12H2,1H3,(H,19,20). The largest absolute Gasteiger partial charge is 0.481 e. The topological polar surface area (TPSA) is 57.6 Å². The quantitative estimate of drug-likeness (QED) is 0.918. The van der Waals surface area contributed by atoms with Crippen LogP contribution in [0.1, 0.15) is 38.2 Å². The third kappa shape index (κ3) is 3.38. The van der Waals surface area contributed by atoms with E-state index >= 15 is 0 Å². The molecule has 1 saturated heterocycles. The summed E-state index contributed by atoms with van der Waals surface area (Å²) in [6.45, 7) is 3.59. The minimum atomic E-state index is -0.916. The van der Waals surface area contributed by atoms with Crippen molar-refractivity contribution >= 4 is 11.9 Å². The fraction of sp³-hybridized carbons (Fsp3) is 0.500. The Kier molecular flexibility index (Phi) is 4.42. The summed E-state index contributed by atoms with van der Waals surface area (Å²) in [4.78, 5) is 24.5. The normalized spacial score (nSPS) is 22.6. The SMILES string of the molecule is CC1(c2ccccc2)CCCN(C(=O)CCC(=O)O)C1. The molecule has 1 N–H and O–H groups in total. The summed E-state index contributed by atoms with van der Waals surface area (Å²) in [5.74, 6) is -0.963. The number of hydrogen-bond acceptors (Lipinski definition) is 2. The molecule has 0 saturated carbocycles. The van der Waals surface area contributed by atoms with Crippen LogP contribution in [0.3, 0.4) is 0 Å². The van der Waals surface area contributed by atoms with Gasteiger partial charge in [0, 0.05) is 24.9 Å². The molecule has 0 bridgehead atoms. The summed E-state index contributed by atoms with van der Waals surface area (Å²) < 4.78 is 0. The predicted octanol–water partition coefficient (Wildman–Crippen LogP) is 2.43. The molecule has 1 atom stereocenters. The second kappa shape index (κ2) is 6.07. The second-order valence-electron chi connectivity index (χ2n) is 5.74. The first-order valence-electron chi connectivity index (χ1n) is 7.06. The van der Waals surface area contributed by atoms with E-state index in [1.807, 2.05) is 23.1 Å². The van der Waals surface area contributed by atoms with Gasteiger partial charge >= 0.3 is 5.97 Å². The molecule has 1 heterocycles. The van der Waals surface area contributed by atoms with E-state index in [2.05, 4.69) is 19.1 Å². The summed E-state index contributed by atoms with van der Waals surface area (Å²) >= 11 is 0. The van der Waals surface area contributed by atoms with Gasteiger partial charge in [0.1, 0.15) is 0 Å². The van der Waals surface area contributed by atoms with Crippen LogP contribution in [0, 0.1) is 0 Å². The Morgan fingerprint density at radius 3 is 2.60 bits per heavy atom. The molecule has 1 aromatic rings. The van der Waals surface area contributed by atoms with Gasteiger partial charge in [-0.05, 0) is 18.4 Å². The Hall–Kier alpha value is -1.84. The van der Waals surface area contributed by atoms with Gasteiger partial charge in [-0.1, -0.05) is 37.3 Å². The second-order valence-corrected chi connectivity index (χ2v) is 5.74. The maximum absolute atomic E-state index is 12.1. The minimum Gasteiger partial charge on any atom is -0.481 e. The van der Waals surface area contributed by atoms with E-state index in [1.165, 1.54) is 5.56 Å². The summed E-state index contributed by atoms with van der Waals surface area (Å²) in [7, 11) is 0. The minimum absolute atomic E-state index is 0.0294. The molecule has 20 heavy (non-hydrogen) atoms. The molecule has 1 fully saturated rings. The van der Waals surface area contributed by atoms with Crippen LogP contribution in [0.4, 0.5) is 0 Å². The lowest BCUT2D eigenvalue weighted by Crippen LogP contribution is -2.47. The van der Waals surface area contributed by atoms with Crippen molar-refractivity contribution in [2.45, 2.75) is 38.0 Å². The Morgan fingerprint density at radius 2 is 1.95 bits per heavy atom. The van der Waals surface area contributed by atoms with Gasteiger partial charge < -0.3 is 10.0 Å². The Morgan fingerprint density at radius 1 is 1.25 bits per heavy atom. The number of carbonyl (C=O) groups excluding carboxylic acids is 1. The summed E-state index contributed by atoms with van der Waals surface area (Å²) in [5, 5.41) is 8.67. The number of piperidine rings is 1. The van der Waals surface area contributed by atoms with Crippen LogP contribution in [-0.4, -0.2) is 35.0 Å². The van der Waals surface area contributed by atoms with Crippen molar-refractivity contribution in [3.63, 3.8) is 0 Å². The number of benzene rings is 1. The smallest absolute Gasteiger partial charge is 0.303 e. The highest BCUT2D eigenvalue weighted by atomic mass is 16.4. The van der Waals surface area contributed by atoms with Crippen LogP contribution in [0.25, 0.3) is 0 Å². The van der Waals surface area contributed by atoms with E-state index in [-0.39, 0.29) is 24.2 Å². The first kappa shape index (κ1) is 14.6. The van der Waals surface area contributed by atoms with Crippen LogP contribution < -0.4 is 0 Å². The fourth-order valence-electron chi connectivity index (χ4n) is 2.90. The average molecular weight is 275 g/mol. The van der Waals surface area contributed by atoms with Gasteiger partial charge in [-0.3, -0.25) is 9.59 Å². The first-order valence-corrected chi connectivity index (χ1v) is 7.06. The zero-order chi connectivity index (χ0) is 14.6. The summed E-state index contributed by atoms with van der Waals surface area (Å²) in [6, 6.07) is 10.2. The van der Waals surface area contributed by atoms with Crippen LogP contribution in [0.15, 0.2) is 30.3 Å². The van der Waals surface area contributed by atoms with Crippen molar-refractivity contribution in [3.05, 3.63) is 35.9 Å². The first-order chi connectivity index (χ1) is 9.51. The Labute approximate surface area is 119 Å². The van der Waals surface area contributed by atoms with Gasteiger partial charge in [0.05, 0.1) is 6.42 Å². The summed E-state index contributed by atoms with van der Waals surface area (Å²) in [5.41, 5.74) is 1.22. The van der Waals surface area contributed by atoms with E-state index in [0.29, 0.717) is 6.54 Å². The van der Waals surface area contributed by atoms with Crippen molar-refractivity contribution in [2.75, 3.05) is 13.1 Å². The maximum Gasteiger partial charge on any atom is 0.303 e. The van der Waals surface area contributed by atoms with E-state index in [9.17, 15) is 9.59 Å². The van der Waals surface area contributed by atoms with Crippen LogP contribution in [0.2, 0.25) is 0 Å². The monoisotopic (exact) mass is 275 g/mol. The molecule has 1 aliphatic rings. The van der Waals surface area contributed by atoms with Gasteiger partial charge in [-0.15, -0.1) is 0 Å². The van der Waals surface area contributed by atoms with E-state index < -0.39 is 5.97 Å². The highest BCUT2D eigenvalue weighted by Crippen LogP contribution is 2.33. The van der Waals surface area contributed by atoms with Crippen molar-refractivity contribution in [1.29, 1.82) is 0 Å². The molecule has 0 spiro atoms. The van der Waals surface area contributed by atoms with Crippen molar-refractivity contribution in [2.24, 2.45) is 0 Å². The van der Waals surface area contributed by atoms with Crippen LogP contribution >= 0.6 is 0 Å². The molecular formula is C16H21NO3. The number of carbonyl (C=O) groups is 2. The molecule has 1 aromatic carbocycles. The third-order valence-corrected chi connectivity index (χ3v) is 4.07. The summed E-state index contributed by atoms with van der Waals surface area (Å²) in [6.07, 6.45) is 2.03. The number of hydrogen-bond donors (Lipinski definition) is 1. The van der Waals surface area contributed by atoms with Gasteiger partial charge in [-0.2, -0.15) is 0 Å². The van der Waals surface area contributed by atoms with Gasteiger partial charge in [0.2, 0.25) is 5.91 Å². The van der Waals surface area contributed by atoms with Crippen molar-refractivity contribution < 1.29 is 14.7 Å². The number of carboxylic acid groups (broad SMARTS) is 1. The Balaban J connectivity index is 2.04. The number of rotatable bonds is 4. The average Bonchev–Trinajstić information content (AvgIpc) is 2.45. The third-order valence-electron chi connectivity index (χ3n) is 4.07. The fourth-order valence-corrected chi connectivity index (χ4v) is 2.90. The molecule has 4 heteroatoms. The number of carboxylic acids is 1. The molecule has 4 nitrogen and oxygen atoms in total. The highest BCUT2D eigenvalue weighted by molar-refractivity contribution is 5.80. The molecule has 0 radical (unpaired) electrons. The lowest BCUT2D eigenvalue weighted by Gasteiger charge is -2.41. The molecule has 1 aliphatic heterocycles. The number of nitrogens with zero attached hydrogens (tertiary/aromatic N) is 1. The molecule has 1 unspecified atom stereocenters. The molecule has 1 amide bonds.